The maximum Gasteiger partial charge on any atom is 0.248 e. The molecule has 0 aliphatic carbocycles. The molecule has 6 nitrogen and oxygen atoms in total. The van der Waals surface area contributed by atoms with Crippen molar-refractivity contribution in [2.75, 3.05) is 0 Å². The van der Waals surface area contributed by atoms with Crippen LogP contribution < -0.4 is 11.5 Å². The lowest BCUT2D eigenvalue weighted by atomic mass is 9.86. The zero-order chi connectivity index (χ0) is 18.0. The first-order valence-corrected chi connectivity index (χ1v) is 7.99. The zero-order valence-corrected chi connectivity index (χ0v) is 14.0. The smallest absolute Gasteiger partial charge is 0.248 e. The first-order chi connectivity index (χ1) is 11.9. The molecule has 2 amide bonds. The number of guanidine groups is 1. The Labute approximate surface area is 146 Å². The van der Waals surface area contributed by atoms with Gasteiger partial charge in [0.25, 0.3) is 0 Å². The molecule has 0 unspecified atom stereocenters. The molecule has 6 heteroatoms. The van der Waals surface area contributed by atoms with E-state index in [9.17, 15) is 9.59 Å². The summed E-state index contributed by atoms with van der Waals surface area (Å²) in [7, 11) is 0. The van der Waals surface area contributed by atoms with Crippen LogP contribution in [0.3, 0.4) is 0 Å². The van der Waals surface area contributed by atoms with Crippen LogP contribution in [0.25, 0.3) is 0 Å². The van der Waals surface area contributed by atoms with Gasteiger partial charge in [0.1, 0.15) is 0 Å². The highest BCUT2D eigenvalue weighted by atomic mass is 16.2. The van der Waals surface area contributed by atoms with E-state index in [0.29, 0.717) is 12.1 Å². The molecule has 128 valence electrons. The lowest BCUT2D eigenvalue weighted by Crippen LogP contribution is -2.49. The number of nitrogens with two attached hydrogens (primary N) is 2. The fourth-order valence-corrected chi connectivity index (χ4v) is 2.98. The van der Waals surface area contributed by atoms with E-state index in [-0.39, 0.29) is 18.3 Å². The van der Waals surface area contributed by atoms with E-state index >= 15 is 0 Å². The van der Waals surface area contributed by atoms with E-state index in [1.54, 1.807) is 18.2 Å². The summed E-state index contributed by atoms with van der Waals surface area (Å²) in [6.07, 6.45) is 0.169. The molecule has 1 aliphatic rings. The quantitative estimate of drug-likeness (QED) is 0.889. The number of benzene rings is 2. The standard InChI is InChI=1S/C19H20N4O2/c1-19(15-9-5-8-14(10-15)17(20)25)11-16(24)23(18(21)22-19)12-13-6-3-2-4-7-13/h2-10H,11-12H2,1H3,(H2,20,25)(H2,21,22)/t19-/m0/s1. The third kappa shape index (κ3) is 3.38. The maximum atomic E-state index is 12.7. The molecule has 1 heterocycles. The van der Waals surface area contributed by atoms with Crippen LogP contribution >= 0.6 is 0 Å². The molecule has 0 spiro atoms. The molecule has 25 heavy (non-hydrogen) atoms. The molecule has 2 aromatic rings. The normalized spacial score (nSPS) is 20.3. The first-order valence-electron chi connectivity index (χ1n) is 7.99. The van der Waals surface area contributed by atoms with Crippen molar-refractivity contribution in [3.63, 3.8) is 0 Å². The van der Waals surface area contributed by atoms with Crippen molar-refractivity contribution < 1.29 is 9.59 Å². The number of carbonyl (C=O) groups is 2. The van der Waals surface area contributed by atoms with Crippen molar-refractivity contribution in [1.82, 2.24) is 4.90 Å². The summed E-state index contributed by atoms with van der Waals surface area (Å²) >= 11 is 0. The lowest BCUT2D eigenvalue weighted by molar-refractivity contribution is -0.130. The highest BCUT2D eigenvalue weighted by Crippen LogP contribution is 2.33. The van der Waals surface area contributed by atoms with Gasteiger partial charge in [0.2, 0.25) is 11.8 Å². The Kier molecular flexibility index (Phi) is 4.27. The van der Waals surface area contributed by atoms with Gasteiger partial charge in [0.05, 0.1) is 18.5 Å². The van der Waals surface area contributed by atoms with Crippen LogP contribution in [0.5, 0.6) is 0 Å². The summed E-state index contributed by atoms with van der Waals surface area (Å²) < 4.78 is 0. The van der Waals surface area contributed by atoms with E-state index in [1.807, 2.05) is 43.3 Å². The fourth-order valence-electron chi connectivity index (χ4n) is 2.98. The van der Waals surface area contributed by atoms with E-state index in [1.165, 1.54) is 4.90 Å². The van der Waals surface area contributed by atoms with Crippen LogP contribution in [0, 0.1) is 0 Å². The van der Waals surface area contributed by atoms with Crippen LogP contribution in [0.4, 0.5) is 0 Å². The second-order valence-corrected chi connectivity index (χ2v) is 6.33. The molecule has 0 saturated carbocycles. The lowest BCUT2D eigenvalue weighted by Gasteiger charge is -2.35. The largest absolute Gasteiger partial charge is 0.369 e. The molecule has 3 rings (SSSR count). The van der Waals surface area contributed by atoms with Crippen molar-refractivity contribution >= 4 is 17.8 Å². The molecule has 4 N–H and O–H groups in total. The van der Waals surface area contributed by atoms with E-state index in [4.69, 9.17) is 11.5 Å². The summed E-state index contributed by atoms with van der Waals surface area (Å²) in [5.41, 5.74) is 12.7. The summed E-state index contributed by atoms with van der Waals surface area (Å²) in [6, 6.07) is 16.5. The highest BCUT2D eigenvalue weighted by molar-refractivity contribution is 5.99. The van der Waals surface area contributed by atoms with E-state index < -0.39 is 11.4 Å². The number of primary amides is 1. The summed E-state index contributed by atoms with van der Waals surface area (Å²) in [5, 5.41) is 0. The number of carbonyl (C=O) groups excluding carboxylic acids is 2. The van der Waals surface area contributed by atoms with Crippen LogP contribution in [-0.4, -0.2) is 22.7 Å². The van der Waals surface area contributed by atoms with Gasteiger partial charge in [-0.15, -0.1) is 0 Å². The number of aliphatic imine (C=N–C) groups is 1. The van der Waals surface area contributed by atoms with E-state index in [0.717, 1.165) is 11.1 Å². The van der Waals surface area contributed by atoms with Crippen LogP contribution in [0.15, 0.2) is 59.6 Å². The molecule has 0 aromatic heterocycles. The van der Waals surface area contributed by atoms with Crippen LogP contribution in [-0.2, 0) is 16.9 Å². The van der Waals surface area contributed by atoms with Gasteiger partial charge in [0, 0.05) is 5.56 Å². The maximum absolute atomic E-state index is 12.7. The van der Waals surface area contributed by atoms with Gasteiger partial charge in [0.15, 0.2) is 5.96 Å². The fraction of sp³-hybridized carbons (Fsp3) is 0.211. The third-order valence-corrected chi connectivity index (χ3v) is 4.39. The monoisotopic (exact) mass is 336 g/mol. The number of hydrogen-bond donors (Lipinski definition) is 2. The Hall–Kier alpha value is -3.15. The van der Waals surface area contributed by atoms with Gasteiger partial charge in [-0.1, -0.05) is 42.5 Å². The number of amides is 2. The minimum absolute atomic E-state index is 0.108. The molecule has 2 aromatic carbocycles. The molecule has 0 saturated heterocycles. The first kappa shape index (κ1) is 16.7. The second kappa shape index (κ2) is 6.39. The zero-order valence-electron chi connectivity index (χ0n) is 14.0. The molecule has 0 fully saturated rings. The molecule has 0 radical (unpaired) electrons. The second-order valence-electron chi connectivity index (χ2n) is 6.33. The predicted octanol–water partition coefficient (Wildman–Crippen LogP) is 1.75. The average Bonchev–Trinajstić information content (AvgIpc) is 2.59. The highest BCUT2D eigenvalue weighted by Gasteiger charge is 2.37. The van der Waals surface area contributed by atoms with Gasteiger partial charge < -0.3 is 11.5 Å². The Morgan fingerprint density at radius 2 is 1.92 bits per heavy atom. The summed E-state index contributed by atoms with van der Waals surface area (Å²) in [5.74, 6) is -0.453. The molecular formula is C19H20N4O2. The van der Waals surface area contributed by atoms with Crippen molar-refractivity contribution in [3.05, 3.63) is 71.3 Å². The number of hydrogen-bond acceptors (Lipinski definition) is 4. The topological polar surface area (TPSA) is 102 Å². The number of nitrogens with zero attached hydrogens (tertiary/aromatic N) is 2. The number of rotatable bonds is 4. The van der Waals surface area contributed by atoms with Crippen molar-refractivity contribution in [1.29, 1.82) is 0 Å². The van der Waals surface area contributed by atoms with Crippen molar-refractivity contribution in [3.8, 4) is 0 Å². The SMILES string of the molecule is C[C@@]1(c2cccc(C(N)=O)c2)CC(=O)N(Cc2ccccc2)C(N)=N1. The summed E-state index contributed by atoms with van der Waals surface area (Å²) in [6.45, 7) is 2.21. The Morgan fingerprint density at radius 1 is 1.20 bits per heavy atom. The van der Waals surface area contributed by atoms with Gasteiger partial charge in [-0.05, 0) is 30.2 Å². The molecule has 0 bridgehead atoms. The molecule has 1 aliphatic heterocycles. The van der Waals surface area contributed by atoms with Gasteiger partial charge in [-0.25, -0.2) is 4.99 Å². The Balaban J connectivity index is 1.91. The van der Waals surface area contributed by atoms with Crippen LogP contribution in [0.2, 0.25) is 0 Å². The summed E-state index contributed by atoms with van der Waals surface area (Å²) in [4.78, 5) is 30.1. The Morgan fingerprint density at radius 3 is 2.56 bits per heavy atom. The van der Waals surface area contributed by atoms with Gasteiger partial charge >= 0.3 is 0 Å². The molecular weight excluding hydrogens is 316 g/mol. The van der Waals surface area contributed by atoms with Crippen LogP contribution in [0.1, 0.15) is 34.8 Å². The van der Waals surface area contributed by atoms with Gasteiger partial charge in [-0.3, -0.25) is 14.5 Å². The molecule has 1 atom stereocenters. The minimum atomic E-state index is -0.820. The average molecular weight is 336 g/mol. The third-order valence-electron chi connectivity index (χ3n) is 4.39. The van der Waals surface area contributed by atoms with Crippen molar-refractivity contribution in [2.24, 2.45) is 16.5 Å². The van der Waals surface area contributed by atoms with Crippen molar-refractivity contribution in [2.45, 2.75) is 25.4 Å². The van der Waals surface area contributed by atoms with E-state index in [2.05, 4.69) is 4.99 Å². The predicted molar refractivity (Wildman–Crippen MR) is 95.5 cm³/mol. The minimum Gasteiger partial charge on any atom is -0.369 e. The Bertz CT molecular complexity index is 848. The van der Waals surface area contributed by atoms with Gasteiger partial charge in [-0.2, -0.15) is 0 Å².